The first-order valence-corrected chi connectivity index (χ1v) is 4.95. The summed E-state index contributed by atoms with van der Waals surface area (Å²) in [7, 11) is 2.03. The lowest BCUT2D eigenvalue weighted by molar-refractivity contribution is 0.785. The third kappa shape index (κ3) is 1.95. The van der Waals surface area contributed by atoms with Crippen molar-refractivity contribution in [1.29, 1.82) is 0 Å². The van der Waals surface area contributed by atoms with Gasteiger partial charge in [0.05, 0.1) is 5.69 Å². The quantitative estimate of drug-likeness (QED) is 0.778. The summed E-state index contributed by atoms with van der Waals surface area (Å²) in [4.78, 5) is 6.51. The number of rotatable bonds is 3. The average molecular weight is 185 g/mol. The number of hydrogen-bond acceptors (Lipinski definition) is 4. The van der Waals surface area contributed by atoms with E-state index in [-0.39, 0.29) is 6.04 Å². The van der Waals surface area contributed by atoms with Crippen LogP contribution in [0.25, 0.3) is 0 Å². The smallest absolute Gasteiger partial charge is 0.185 e. The topological polar surface area (TPSA) is 42.2 Å². The van der Waals surface area contributed by atoms with Crippen LogP contribution in [0.5, 0.6) is 0 Å². The molecular formula is C8H15N3S. The standard InChI is InChI=1S/C8H15N3S/c1-4-11(3)8-10-7(5-12-8)6(2)9/h5-6H,4,9H2,1-3H3. The lowest BCUT2D eigenvalue weighted by Crippen LogP contribution is -2.15. The van der Waals surface area contributed by atoms with Gasteiger partial charge in [0.2, 0.25) is 0 Å². The average Bonchev–Trinajstić information content (AvgIpc) is 2.51. The Bertz CT molecular complexity index is 244. The first-order chi connectivity index (χ1) is 5.65. The molecule has 0 aliphatic carbocycles. The minimum atomic E-state index is 0.0419. The zero-order chi connectivity index (χ0) is 9.14. The van der Waals surface area contributed by atoms with Gasteiger partial charge < -0.3 is 10.6 Å². The van der Waals surface area contributed by atoms with Crippen LogP contribution in [0.3, 0.4) is 0 Å². The second-order valence-corrected chi connectivity index (χ2v) is 3.69. The number of anilines is 1. The highest BCUT2D eigenvalue weighted by Crippen LogP contribution is 2.21. The molecule has 3 nitrogen and oxygen atoms in total. The largest absolute Gasteiger partial charge is 0.351 e. The first kappa shape index (κ1) is 9.48. The Morgan fingerprint density at radius 2 is 2.42 bits per heavy atom. The van der Waals surface area contributed by atoms with Gasteiger partial charge >= 0.3 is 0 Å². The lowest BCUT2D eigenvalue weighted by atomic mass is 10.3. The molecule has 4 heteroatoms. The van der Waals surface area contributed by atoms with Gasteiger partial charge in [-0.1, -0.05) is 0 Å². The molecule has 68 valence electrons. The molecule has 0 bridgehead atoms. The van der Waals surface area contributed by atoms with Crippen LogP contribution in [0, 0.1) is 0 Å². The molecule has 0 aliphatic heterocycles. The van der Waals surface area contributed by atoms with E-state index in [4.69, 9.17) is 5.73 Å². The Labute approximate surface area is 77.2 Å². The Morgan fingerprint density at radius 3 is 2.83 bits per heavy atom. The minimum absolute atomic E-state index is 0.0419. The maximum Gasteiger partial charge on any atom is 0.185 e. The predicted octanol–water partition coefficient (Wildman–Crippen LogP) is 1.62. The summed E-state index contributed by atoms with van der Waals surface area (Å²) in [5, 5.41) is 3.07. The lowest BCUT2D eigenvalue weighted by Gasteiger charge is -2.11. The van der Waals surface area contributed by atoms with Crippen molar-refractivity contribution in [2.75, 3.05) is 18.5 Å². The molecule has 1 aromatic rings. The van der Waals surface area contributed by atoms with Crippen LogP contribution in [0.4, 0.5) is 5.13 Å². The van der Waals surface area contributed by atoms with Crippen molar-refractivity contribution in [1.82, 2.24) is 4.98 Å². The SMILES string of the molecule is CCN(C)c1nc(C(C)N)cs1. The van der Waals surface area contributed by atoms with Crippen LogP contribution >= 0.6 is 11.3 Å². The van der Waals surface area contributed by atoms with Gasteiger partial charge in [0.1, 0.15) is 0 Å². The summed E-state index contributed by atoms with van der Waals surface area (Å²) in [6.07, 6.45) is 0. The van der Waals surface area contributed by atoms with E-state index in [1.54, 1.807) is 11.3 Å². The molecule has 1 atom stereocenters. The highest BCUT2D eigenvalue weighted by molar-refractivity contribution is 7.13. The van der Waals surface area contributed by atoms with E-state index in [9.17, 15) is 0 Å². The molecule has 0 fully saturated rings. The molecular weight excluding hydrogens is 170 g/mol. The van der Waals surface area contributed by atoms with Crippen LogP contribution in [0.15, 0.2) is 5.38 Å². The Morgan fingerprint density at radius 1 is 1.75 bits per heavy atom. The highest BCUT2D eigenvalue weighted by Gasteiger charge is 2.07. The van der Waals surface area contributed by atoms with Gasteiger partial charge in [0, 0.05) is 25.0 Å². The van der Waals surface area contributed by atoms with E-state index in [0.717, 1.165) is 17.4 Å². The van der Waals surface area contributed by atoms with Gasteiger partial charge in [0.25, 0.3) is 0 Å². The zero-order valence-corrected chi connectivity index (χ0v) is 8.56. The van der Waals surface area contributed by atoms with E-state index in [1.165, 1.54) is 0 Å². The number of nitrogens with two attached hydrogens (primary N) is 1. The van der Waals surface area contributed by atoms with E-state index in [0.29, 0.717) is 0 Å². The first-order valence-electron chi connectivity index (χ1n) is 4.07. The third-order valence-corrected chi connectivity index (χ3v) is 2.75. The Hall–Kier alpha value is -0.610. The molecule has 1 rings (SSSR count). The summed E-state index contributed by atoms with van der Waals surface area (Å²) in [5.74, 6) is 0. The number of hydrogen-bond donors (Lipinski definition) is 1. The van der Waals surface area contributed by atoms with Gasteiger partial charge in [-0.15, -0.1) is 11.3 Å². The van der Waals surface area contributed by atoms with Gasteiger partial charge in [-0.05, 0) is 13.8 Å². The molecule has 0 saturated heterocycles. The van der Waals surface area contributed by atoms with Crippen molar-refractivity contribution in [2.45, 2.75) is 19.9 Å². The molecule has 0 aromatic carbocycles. The maximum absolute atomic E-state index is 5.69. The van der Waals surface area contributed by atoms with E-state index >= 15 is 0 Å². The molecule has 1 unspecified atom stereocenters. The summed E-state index contributed by atoms with van der Waals surface area (Å²) in [6, 6.07) is 0.0419. The summed E-state index contributed by atoms with van der Waals surface area (Å²) in [6.45, 7) is 5.03. The fraction of sp³-hybridized carbons (Fsp3) is 0.625. The van der Waals surface area contributed by atoms with Crippen molar-refractivity contribution in [3.05, 3.63) is 11.1 Å². The molecule has 2 N–H and O–H groups in total. The molecule has 1 aromatic heterocycles. The minimum Gasteiger partial charge on any atom is -0.351 e. The van der Waals surface area contributed by atoms with Gasteiger partial charge in [-0.2, -0.15) is 0 Å². The zero-order valence-electron chi connectivity index (χ0n) is 7.74. The van der Waals surface area contributed by atoms with Crippen LogP contribution in [0.1, 0.15) is 25.6 Å². The predicted molar refractivity (Wildman–Crippen MR) is 53.7 cm³/mol. The Kier molecular flexibility index (Phi) is 3.05. The molecule has 0 aliphatic rings. The van der Waals surface area contributed by atoms with Gasteiger partial charge in [0.15, 0.2) is 5.13 Å². The summed E-state index contributed by atoms with van der Waals surface area (Å²) >= 11 is 1.65. The second kappa shape index (κ2) is 3.87. The van der Waals surface area contributed by atoms with Crippen molar-refractivity contribution in [2.24, 2.45) is 5.73 Å². The van der Waals surface area contributed by atoms with E-state index < -0.39 is 0 Å². The van der Waals surface area contributed by atoms with E-state index in [1.807, 2.05) is 19.4 Å². The molecule has 0 saturated carbocycles. The van der Waals surface area contributed by atoms with Crippen molar-refractivity contribution in [3.8, 4) is 0 Å². The number of thiazole rings is 1. The van der Waals surface area contributed by atoms with Crippen LogP contribution in [-0.4, -0.2) is 18.6 Å². The van der Waals surface area contributed by atoms with Gasteiger partial charge in [-0.25, -0.2) is 4.98 Å². The monoisotopic (exact) mass is 185 g/mol. The van der Waals surface area contributed by atoms with Crippen molar-refractivity contribution in [3.63, 3.8) is 0 Å². The fourth-order valence-corrected chi connectivity index (χ4v) is 1.76. The second-order valence-electron chi connectivity index (χ2n) is 2.86. The van der Waals surface area contributed by atoms with Gasteiger partial charge in [-0.3, -0.25) is 0 Å². The molecule has 12 heavy (non-hydrogen) atoms. The normalized spacial score (nSPS) is 13.0. The number of aromatic nitrogens is 1. The van der Waals surface area contributed by atoms with Crippen LogP contribution < -0.4 is 10.6 Å². The van der Waals surface area contributed by atoms with Crippen LogP contribution in [-0.2, 0) is 0 Å². The fourth-order valence-electron chi connectivity index (χ4n) is 0.796. The van der Waals surface area contributed by atoms with Crippen molar-refractivity contribution < 1.29 is 0 Å². The maximum atomic E-state index is 5.69. The van der Waals surface area contributed by atoms with Crippen molar-refractivity contribution >= 4 is 16.5 Å². The molecule has 0 radical (unpaired) electrons. The number of nitrogens with zero attached hydrogens (tertiary/aromatic N) is 2. The molecule has 0 spiro atoms. The summed E-state index contributed by atoms with van der Waals surface area (Å²) in [5.41, 5.74) is 6.68. The molecule has 1 heterocycles. The third-order valence-electron chi connectivity index (χ3n) is 1.78. The van der Waals surface area contributed by atoms with Crippen LogP contribution in [0.2, 0.25) is 0 Å². The Balaban J connectivity index is 2.77. The highest BCUT2D eigenvalue weighted by atomic mass is 32.1. The molecule has 0 amide bonds. The van der Waals surface area contributed by atoms with E-state index in [2.05, 4.69) is 16.8 Å². The summed E-state index contributed by atoms with van der Waals surface area (Å²) < 4.78 is 0.